The van der Waals surface area contributed by atoms with Crippen LogP contribution in [0.25, 0.3) is 0 Å². The maximum absolute atomic E-state index is 12.1. The minimum atomic E-state index is -0.360. The predicted molar refractivity (Wildman–Crippen MR) is 69.7 cm³/mol. The molecule has 0 amide bonds. The van der Waals surface area contributed by atoms with Crippen LogP contribution in [-0.4, -0.2) is 13.7 Å². The van der Waals surface area contributed by atoms with E-state index < -0.39 is 0 Å². The van der Waals surface area contributed by atoms with Crippen molar-refractivity contribution < 1.29 is 0 Å². The number of nitrogens with one attached hydrogen (secondary N) is 1. The lowest BCUT2D eigenvalue weighted by molar-refractivity contribution is 0.424. The standard InChI is InChI=1S/C12H22N4O2/c1-4-7-14-10(13)15(8-5-2)12(18)16(9-6-3)11(14)17/h13H,4-9H2,1-3H3. The van der Waals surface area contributed by atoms with Crippen molar-refractivity contribution in [3.8, 4) is 0 Å². The molecule has 6 heteroatoms. The van der Waals surface area contributed by atoms with E-state index in [9.17, 15) is 9.59 Å². The van der Waals surface area contributed by atoms with E-state index in [1.807, 2.05) is 20.8 Å². The van der Waals surface area contributed by atoms with Crippen LogP contribution in [-0.2, 0) is 19.6 Å². The molecule has 0 spiro atoms. The first-order valence-electron chi connectivity index (χ1n) is 6.57. The Morgan fingerprint density at radius 1 is 0.778 bits per heavy atom. The van der Waals surface area contributed by atoms with Gasteiger partial charge in [-0.25, -0.2) is 14.2 Å². The third-order valence-electron chi connectivity index (χ3n) is 2.78. The fourth-order valence-electron chi connectivity index (χ4n) is 1.97. The Morgan fingerprint density at radius 3 is 1.44 bits per heavy atom. The van der Waals surface area contributed by atoms with E-state index in [0.717, 1.165) is 19.3 Å². The van der Waals surface area contributed by atoms with Crippen molar-refractivity contribution >= 4 is 0 Å². The van der Waals surface area contributed by atoms with Crippen LogP contribution < -0.4 is 17.0 Å². The van der Waals surface area contributed by atoms with Crippen LogP contribution in [0.1, 0.15) is 40.0 Å². The first-order valence-corrected chi connectivity index (χ1v) is 6.57. The highest BCUT2D eigenvalue weighted by Crippen LogP contribution is 1.85. The highest BCUT2D eigenvalue weighted by atomic mass is 16.2. The lowest BCUT2D eigenvalue weighted by atomic mass is 10.4. The summed E-state index contributed by atoms with van der Waals surface area (Å²) in [7, 11) is 0. The lowest BCUT2D eigenvalue weighted by Gasteiger charge is -2.14. The molecule has 0 radical (unpaired) electrons. The fraction of sp³-hybridized carbons (Fsp3) is 0.750. The van der Waals surface area contributed by atoms with Crippen LogP contribution in [0.15, 0.2) is 9.59 Å². The second kappa shape index (κ2) is 6.37. The smallest absolute Gasteiger partial charge is 0.268 e. The fourth-order valence-corrected chi connectivity index (χ4v) is 1.97. The molecule has 1 aromatic rings. The third kappa shape index (κ3) is 2.63. The molecule has 0 aliphatic heterocycles. The average Bonchev–Trinajstić information content (AvgIpc) is 2.35. The molecule has 1 rings (SSSR count). The molecule has 1 heterocycles. The highest BCUT2D eigenvalue weighted by molar-refractivity contribution is 4.76. The molecule has 0 aliphatic rings. The van der Waals surface area contributed by atoms with Gasteiger partial charge in [0.25, 0.3) is 0 Å². The van der Waals surface area contributed by atoms with Crippen LogP contribution in [0.3, 0.4) is 0 Å². The van der Waals surface area contributed by atoms with Gasteiger partial charge in [-0.2, -0.15) is 0 Å². The second-order valence-corrected chi connectivity index (χ2v) is 4.34. The van der Waals surface area contributed by atoms with Crippen molar-refractivity contribution in [2.75, 3.05) is 0 Å². The summed E-state index contributed by atoms with van der Waals surface area (Å²) in [6.07, 6.45) is 2.26. The Labute approximate surface area is 106 Å². The quantitative estimate of drug-likeness (QED) is 0.804. The molecule has 1 aromatic heterocycles. The van der Waals surface area contributed by atoms with Crippen molar-refractivity contribution in [1.82, 2.24) is 13.7 Å². The van der Waals surface area contributed by atoms with Crippen molar-refractivity contribution in [2.45, 2.75) is 59.7 Å². The van der Waals surface area contributed by atoms with Crippen LogP contribution >= 0.6 is 0 Å². The molecule has 0 bridgehead atoms. The Balaban J connectivity index is 3.59. The molecule has 0 aliphatic carbocycles. The first-order chi connectivity index (χ1) is 8.58. The lowest BCUT2D eigenvalue weighted by Crippen LogP contribution is -2.54. The largest absolute Gasteiger partial charge is 0.334 e. The zero-order valence-corrected chi connectivity index (χ0v) is 11.4. The number of hydrogen-bond acceptors (Lipinski definition) is 3. The molecule has 0 saturated carbocycles. The molecule has 0 unspecified atom stereocenters. The van der Waals surface area contributed by atoms with Gasteiger partial charge >= 0.3 is 11.4 Å². The third-order valence-corrected chi connectivity index (χ3v) is 2.78. The maximum Gasteiger partial charge on any atom is 0.334 e. The Kier molecular flexibility index (Phi) is 5.12. The Morgan fingerprint density at radius 2 is 1.11 bits per heavy atom. The minimum Gasteiger partial charge on any atom is -0.268 e. The number of nitrogens with zero attached hydrogens (tertiary/aromatic N) is 3. The van der Waals surface area contributed by atoms with Gasteiger partial charge in [0.2, 0.25) is 5.62 Å². The van der Waals surface area contributed by atoms with Crippen molar-refractivity contribution in [2.24, 2.45) is 0 Å². The number of rotatable bonds is 6. The van der Waals surface area contributed by atoms with Crippen molar-refractivity contribution in [1.29, 1.82) is 5.41 Å². The number of hydrogen-bond donors (Lipinski definition) is 1. The molecule has 0 aromatic carbocycles. The van der Waals surface area contributed by atoms with Crippen LogP contribution in [0.5, 0.6) is 0 Å². The van der Waals surface area contributed by atoms with E-state index >= 15 is 0 Å². The molecule has 0 fully saturated rings. The Hall–Kier alpha value is -1.59. The minimum absolute atomic E-state index is 0.0149. The van der Waals surface area contributed by atoms with Crippen LogP contribution in [0.2, 0.25) is 0 Å². The molecule has 0 atom stereocenters. The van der Waals surface area contributed by atoms with E-state index in [1.165, 1.54) is 13.7 Å². The van der Waals surface area contributed by atoms with E-state index in [0.29, 0.717) is 19.6 Å². The molecule has 102 valence electrons. The summed E-state index contributed by atoms with van der Waals surface area (Å²) >= 11 is 0. The molecule has 6 nitrogen and oxygen atoms in total. The maximum atomic E-state index is 12.1. The molecule has 18 heavy (non-hydrogen) atoms. The van der Waals surface area contributed by atoms with Crippen molar-refractivity contribution in [3.63, 3.8) is 0 Å². The molecular formula is C12H22N4O2. The van der Waals surface area contributed by atoms with Gasteiger partial charge in [0.15, 0.2) is 0 Å². The van der Waals surface area contributed by atoms with Gasteiger partial charge in [0, 0.05) is 19.6 Å². The zero-order valence-electron chi connectivity index (χ0n) is 11.4. The summed E-state index contributed by atoms with van der Waals surface area (Å²) < 4.78 is 4.00. The van der Waals surface area contributed by atoms with Gasteiger partial charge in [-0.3, -0.25) is 14.5 Å². The van der Waals surface area contributed by atoms with E-state index in [-0.39, 0.29) is 17.0 Å². The molecule has 0 saturated heterocycles. The predicted octanol–water partition coefficient (Wildman–Crippen LogP) is 0.521. The monoisotopic (exact) mass is 254 g/mol. The molecule has 1 N–H and O–H groups in total. The summed E-state index contributed by atoms with van der Waals surface area (Å²) in [6.45, 7) is 7.19. The summed E-state index contributed by atoms with van der Waals surface area (Å²) in [6, 6.07) is 0. The average molecular weight is 254 g/mol. The number of aromatic nitrogens is 3. The van der Waals surface area contributed by atoms with Crippen LogP contribution in [0.4, 0.5) is 0 Å². The van der Waals surface area contributed by atoms with Gasteiger partial charge in [0.1, 0.15) is 0 Å². The van der Waals surface area contributed by atoms with E-state index in [1.54, 1.807) is 0 Å². The summed E-state index contributed by atoms with van der Waals surface area (Å²) in [5.74, 6) is 0. The van der Waals surface area contributed by atoms with Crippen LogP contribution in [0, 0.1) is 5.41 Å². The van der Waals surface area contributed by atoms with E-state index in [2.05, 4.69) is 0 Å². The van der Waals surface area contributed by atoms with Gasteiger partial charge in [-0.1, -0.05) is 20.8 Å². The zero-order chi connectivity index (χ0) is 13.7. The van der Waals surface area contributed by atoms with Crippen molar-refractivity contribution in [3.05, 3.63) is 26.6 Å². The van der Waals surface area contributed by atoms with Gasteiger partial charge in [0.05, 0.1) is 0 Å². The Bertz CT molecular complexity index is 454. The first kappa shape index (κ1) is 14.5. The highest BCUT2D eigenvalue weighted by Gasteiger charge is 2.11. The summed E-state index contributed by atoms with van der Waals surface area (Å²) in [5, 5.41) is 7.98. The van der Waals surface area contributed by atoms with Gasteiger partial charge in [-0.05, 0) is 19.3 Å². The molecular weight excluding hydrogens is 232 g/mol. The normalized spacial score (nSPS) is 10.8. The van der Waals surface area contributed by atoms with E-state index in [4.69, 9.17) is 5.41 Å². The summed E-state index contributed by atoms with van der Waals surface area (Å²) in [4.78, 5) is 24.3. The topological polar surface area (TPSA) is 72.8 Å². The van der Waals surface area contributed by atoms with Gasteiger partial charge in [-0.15, -0.1) is 0 Å². The second-order valence-electron chi connectivity index (χ2n) is 4.34. The SMILES string of the molecule is CCCn1c(=N)n(CCC)c(=O)n(CCC)c1=O. The van der Waals surface area contributed by atoms with Gasteiger partial charge < -0.3 is 0 Å². The summed E-state index contributed by atoms with van der Waals surface area (Å²) in [5.41, 5.74) is -0.705.